The molecule has 0 fully saturated rings. The summed E-state index contributed by atoms with van der Waals surface area (Å²) in [5.41, 5.74) is 4.37. The fraction of sp³-hybridized carbons (Fsp3) is 0.100. The Bertz CT molecular complexity index is 482. The normalized spacial score (nSPS) is 14.2. The number of pyridine rings is 1. The van der Waals surface area contributed by atoms with Crippen LogP contribution in [0.1, 0.15) is 5.69 Å². The van der Waals surface area contributed by atoms with Crippen molar-refractivity contribution in [2.24, 2.45) is 0 Å². The third kappa shape index (κ3) is 0.869. The Morgan fingerprint density at radius 1 is 1.38 bits per heavy atom. The maximum absolute atomic E-state index is 4.33. The van der Waals surface area contributed by atoms with Crippen molar-refractivity contribution in [2.45, 2.75) is 0 Å². The molecule has 0 radical (unpaired) electrons. The van der Waals surface area contributed by atoms with Crippen LogP contribution in [0, 0.1) is 0 Å². The molecule has 0 spiro atoms. The maximum atomic E-state index is 4.33. The van der Waals surface area contributed by atoms with Crippen LogP contribution in [0.2, 0.25) is 0 Å². The molecule has 3 rings (SSSR count). The lowest BCUT2D eigenvalue weighted by Crippen LogP contribution is -2.02. The number of nitrogens with zero attached hydrogens (tertiary/aromatic N) is 1. The lowest BCUT2D eigenvalue weighted by molar-refractivity contribution is 1.29. The molecule has 3 nitrogen and oxygen atoms in total. The van der Waals surface area contributed by atoms with Gasteiger partial charge in [-0.15, -0.1) is 0 Å². The molecule has 0 aliphatic carbocycles. The van der Waals surface area contributed by atoms with Gasteiger partial charge >= 0.3 is 0 Å². The van der Waals surface area contributed by atoms with Crippen LogP contribution in [0.5, 0.6) is 0 Å². The van der Waals surface area contributed by atoms with Gasteiger partial charge in [-0.1, -0.05) is 6.08 Å². The third-order valence-electron chi connectivity index (χ3n) is 2.26. The Balaban J connectivity index is 2.41. The van der Waals surface area contributed by atoms with Crippen molar-refractivity contribution in [3.05, 3.63) is 30.1 Å². The van der Waals surface area contributed by atoms with E-state index in [2.05, 4.69) is 27.4 Å². The molecule has 0 saturated carbocycles. The van der Waals surface area contributed by atoms with Crippen molar-refractivity contribution in [1.82, 2.24) is 9.97 Å². The Hall–Kier alpha value is -1.77. The number of H-pyrrole nitrogens is 1. The van der Waals surface area contributed by atoms with Crippen molar-refractivity contribution in [3.8, 4) is 0 Å². The van der Waals surface area contributed by atoms with E-state index in [1.807, 2.05) is 18.3 Å². The monoisotopic (exact) mass is 171 g/mol. The average molecular weight is 171 g/mol. The molecule has 0 bridgehead atoms. The van der Waals surface area contributed by atoms with Gasteiger partial charge in [0.15, 0.2) is 0 Å². The topological polar surface area (TPSA) is 40.7 Å². The first-order chi connectivity index (χ1) is 6.45. The zero-order valence-electron chi connectivity index (χ0n) is 7.04. The fourth-order valence-corrected chi connectivity index (χ4v) is 1.68. The second kappa shape index (κ2) is 2.36. The molecule has 2 aromatic heterocycles. The SMILES string of the molecule is C1=Cc2[nH]c3cccnc3c2NC1. The second-order valence-corrected chi connectivity index (χ2v) is 3.10. The van der Waals surface area contributed by atoms with E-state index in [9.17, 15) is 0 Å². The largest absolute Gasteiger partial charge is 0.378 e. The van der Waals surface area contributed by atoms with Gasteiger partial charge in [0.1, 0.15) is 5.52 Å². The van der Waals surface area contributed by atoms with Crippen LogP contribution in [0.3, 0.4) is 0 Å². The molecule has 3 heteroatoms. The number of nitrogens with one attached hydrogen (secondary N) is 2. The van der Waals surface area contributed by atoms with Crippen LogP contribution in [0.25, 0.3) is 17.1 Å². The Morgan fingerprint density at radius 3 is 3.38 bits per heavy atom. The van der Waals surface area contributed by atoms with Gasteiger partial charge in [-0.05, 0) is 18.2 Å². The number of hydrogen-bond donors (Lipinski definition) is 2. The first-order valence-electron chi connectivity index (χ1n) is 4.32. The van der Waals surface area contributed by atoms with Crippen molar-refractivity contribution in [1.29, 1.82) is 0 Å². The Morgan fingerprint density at radius 2 is 2.38 bits per heavy atom. The quantitative estimate of drug-likeness (QED) is 0.636. The average Bonchev–Trinajstić information content (AvgIpc) is 2.56. The molecule has 0 aromatic carbocycles. The third-order valence-corrected chi connectivity index (χ3v) is 2.26. The minimum Gasteiger partial charge on any atom is -0.378 e. The number of anilines is 1. The van der Waals surface area contributed by atoms with E-state index >= 15 is 0 Å². The predicted octanol–water partition coefficient (Wildman–Crippen LogP) is 2.00. The molecule has 1 aliphatic heterocycles. The number of aromatic amines is 1. The van der Waals surface area contributed by atoms with Gasteiger partial charge in [-0.25, -0.2) is 0 Å². The highest BCUT2D eigenvalue weighted by molar-refractivity contribution is 5.95. The van der Waals surface area contributed by atoms with Gasteiger partial charge in [0.25, 0.3) is 0 Å². The fourth-order valence-electron chi connectivity index (χ4n) is 1.68. The molecule has 0 amide bonds. The Kier molecular flexibility index (Phi) is 1.22. The summed E-state index contributed by atoms with van der Waals surface area (Å²) in [7, 11) is 0. The summed E-state index contributed by atoms with van der Waals surface area (Å²) in [6.45, 7) is 0.885. The van der Waals surface area contributed by atoms with Crippen LogP contribution in [0.15, 0.2) is 24.4 Å². The van der Waals surface area contributed by atoms with Gasteiger partial charge in [-0.3, -0.25) is 4.98 Å². The summed E-state index contributed by atoms with van der Waals surface area (Å²) in [5.74, 6) is 0. The summed E-state index contributed by atoms with van der Waals surface area (Å²) in [4.78, 5) is 7.63. The van der Waals surface area contributed by atoms with Gasteiger partial charge in [0.05, 0.1) is 16.9 Å². The van der Waals surface area contributed by atoms with E-state index in [4.69, 9.17) is 0 Å². The van der Waals surface area contributed by atoms with Crippen LogP contribution >= 0.6 is 0 Å². The van der Waals surface area contributed by atoms with E-state index in [1.165, 1.54) is 0 Å². The number of fused-ring (bicyclic) bond motifs is 3. The summed E-state index contributed by atoms with van der Waals surface area (Å²) in [6, 6.07) is 3.98. The van der Waals surface area contributed by atoms with E-state index in [0.29, 0.717) is 0 Å². The standard InChI is InChI=1S/C10H9N3/c1-3-7-9(11-5-1)10-8(13-7)4-2-6-12-10/h1-5,12-13H,6H2. The number of hydrogen-bond acceptors (Lipinski definition) is 2. The minimum atomic E-state index is 0.885. The van der Waals surface area contributed by atoms with Crippen molar-refractivity contribution in [2.75, 3.05) is 11.9 Å². The van der Waals surface area contributed by atoms with E-state index in [0.717, 1.165) is 29.0 Å². The van der Waals surface area contributed by atoms with Gasteiger partial charge in [0.2, 0.25) is 0 Å². The summed E-state index contributed by atoms with van der Waals surface area (Å²) in [5, 5.41) is 3.31. The molecule has 1 aliphatic rings. The summed E-state index contributed by atoms with van der Waals surface area (Å²) in [6.07, 6.45) is 6.00. The van der Waals surface area contributed by atoms with E-state index in [-0.39, 0.29) is 0 Å². The molecule has 64 valence electrons. The second-order valence-electron chi connectivity index (χ2n) is 3.10. The Labute approximate surface area is 75.5 Å². The highest BCUT2D eigenvalue weighted by atomic mass is 14.9. The predicted molar refractivity (Wildman–Crippen MR) is 53.6 cm³/mol. The lowest BCUT2D eigenvalue weighted by atomic mass is 10.2. The van der Waals surface area contributed by atoms with Crippen LogP contribution < -0.4 is 5.32 Å². The van der Waals surface area contributed by atoms with Crippen molar-refractivity contribution >= 4 is 22.8 Å². The number of aromatic nitrogens is 2. The molecule has 0 saturated heterocycles. The smallest absolute Gasteiger partial charge is 0.112 e. The van der Waals surface area contributed by atoms with Crippen LogP contribution in [-0.2, 0) is 0 Å². The minimum absolute atomic E-state index is 0.885. The first kappa shape index (κ1) is 6.71. The molecule has 0 atom stereocenters. The maximum Gasteiger partial charge on any atom is 0.112 e. The lowest BCUT2D eigenvalue weighted by Gasteiger charge is -2.06. The molecular formula is C10H9N3. The van der Waals surface area contributed by atoms with Gasteiger partial charge in [-0.2, -0.15) is 0 Å². The van der Waals surface area contributed by atoms with Gasteiger partial charge < -0.3 is 10.3 Å². The van der Waals surface area contributed by atoms with Crippen molar-refractivity contribution in [3.63, 3.8) is 0 Å². The van der Waals surface area contributed by atoms with E-state index < -0.39 is 0 Å². The zero-order chi connectivity index (χ0) is 8.67. The molecule has 2 N–H and O–H groups in total. The first-order valence-corrected chi connectivity index (χ1v) is 4.32. The highest BCUT2D eigenvalue weighted by Crippen LogP contribution is 2.28. The number of rotatable bonds is 0. The molecular weight excluding hydrogens is 162 g/mol. The molecule has 13 heavy (non-hydrogen) atoms. The molecule has 2 aromatic rings. The van der Waals surface area contributed by atoms with E-state index in [1.54, 1.807) is 0 Å². The summed E-state index contributed by atoms with van der Waals surface area (Å²) < 4.78 is 0. The van der Waals surface area contributed by atoms with Crippen molar-refractivity contribution < 1.29 is 0 Å². The zero-order valence-corrected chi connectivity index (χ0v) is 7.04. The highest BCUT2D eigenvalue weighted by Gasteiger charge is 2.11. The molecule has 0 unspecified atom stereocenters. The van der Waals surface area contributed by atoms with Crippen LogP contribution in [0.4, 0.5) is 5.69 Å². The van der Waals surface area contributed by atoms with Crippen LogP contribution in [-0.4, -0.2) is 16.5 Å². The molecule has 3 heterocycles. The summed E-state index contributed by atoms with van der Waals surface area (Å²) >= 11 is 0. The van der Waals surface area contributed by atoms with Gasteiger partial charge in [0, 0.05) is 12.7 Å².